The number of anilines is 1. The molecule has 1 heterocycles. The van der Waals surface area contributed by atoms with Gasteiger partial charge in [-0.1, -0.05) is 17.7 Å². The van der Waals surface area contributed by atoms with Gasteiger partial charge >= 0.3 is 0 Å². The van der Waals surface area contributed by atoms with Crippen LogP contribution in [0.3, 0.4) is 0 Å². The van der Waals surface area contributed by atoms with Crippen LogP contribution in [0.25, 0.3) is 16.7 Å². The standard InChI is InChI=1S/C21H17ClN4O2/c1-2-28-18-9-6-14(7-10-18)21(27)23-16-8-11-19-20(13-16)25-26(24-19)17-5-3-4-15(22)12-17/h3-13H,2H2,1H3,(H,23,27). The zero-order valence-corrected chi connectivity index (χ0v) is 15.8. The van der Waals surface area contributed by atoms with Crippen LogP contribution < -0.4 is 10.1 Å². The Hall–Kier alpha value is -3.38. The Balaban J connectivity index is 1.55. The van der Waals surface area contributed by atoms with Crippen molar-refractivity contribution in [2.24, 2.45) is 0 Å². The van der Waals surface area contributed by atoms with E-state index in [1.54, 1.807) is 48.5 Å². The van der Waals surface area contributed by atoms with Crippen LogP contribution in [-0.4, -0.2) is 27.5 Å². The summed E-state index contributed by atoms with van der Waals surface area (Å²) in [4.78, 5) is 14.0. The smallest absolute Gasteiger partial charge is 0.255 e. The average Bonchev–Trinajstić information content (AvgIpc) is 3.12. The van der Waals surface area contributed by atoms with Crippen LogP contribution in [0.15, 0.2) is 66.7 Å². The molecule has 7 heteroatoms. The van der Waals surface area contributed by atoms with Gasteiger partial charge in [-0.3, -0.25) is 4.79 Å². The number of carbonyl (C=O) groups is 1. The monoisotopic (exact) mass is 392 g/mol. The van der Waals surface area contributed by atoms with Crippen molar-refractivity contribution in [3.63, 3.8) is 0 Å². The predicted molar refractivity (Wildman–Crippen MR) is 109 cm³/mol. The molecule has 1 aromatic heterocycles. The molecular formula is C21H17ClN4O2. The van der Waals surface area contributed by atoms with Gasteiger partial charge in [0.05, 0.1) is 12.3 Å². The highest BCUT2D eigenvalue weighted by atomic mass is 35.5. The molecule has 6 nitrogen and oxygen atoms in total. The fourth-order valence-electron chi connectivity index (χ4n) is 2.78. The van der Waals surface area contributed by atoms with E-state index in [4.69, 9.17) is 16.3 Å². The first-order valence-corrected chi connectivity index (χ1v) is 9.17. The molecule has 0 spiro atoms. The van der Waals surface area contributed by atoms with Gasteiger partial charge in [-0.25, -0.2) is 0 Å². The second-order valence-corrected chi connectivity index (χ2v) is 6.52. The molecule has 4 aromatic rings. The van der Waals surface area contributed by atoms with Crippen molar-refractivity contribution in [3.8, 4) is 11.4 Å². The van der Waals surface area contributed by atoms with Gasteiger partial charge in [0.1, 0.15) is 16.8 Å². The highest BCUT2D eigenvalue weighted by Crippen LogP contribution is 2.20. The van der Waals surface area contributed by atoms with Crippen LogP contribution in [0.2, 0.25) is 5.02 Å². The number of fused-ring (bicyclic) bond motifs is 1. The number of benzene rings is 3. The topological polar surface area (TPSA) is 69.0 Å². The van der Waals surface area contributed by atoms with Crippen molar-refractivity contribution >= 4 is 34.2 Å². The lowest BCUT2D eigenvalue weighted by Gasteiger charge is -2.06. The first kappa shape index (κ1) is 18.0. The quantitative estimate of drug-likeness (QED) is 0.533. The molecule has 4 rings (SSSR count). The minimum Gasteiger partial charge on any atom is -0.494 e. The van der Waals surface area contributed by atoms with Gasteiger partial charge in [0.25, 0.3) is 5.91 Å². The van der Waals surface area contributed by atoms with Crippen molar-refractivity contribution in [2.75, 3.05) is 11.9 Å². The molecule has 0 aliphatic heterocycles. The van der Waals surface area contributed by atoms with Crippen LogP contribution in [0.5, 0.6) is 5.75 Å². The maximum Gasteiger partial charge on any atom is 0.255 e. The Morgan fingerprint density at radius 1 is 1.04 bits per heavy atom. The Bertz CT molecular complexity index is 1140. The van der Waals surface area contributed by atoms with Crippen molar-refractivity contribution in [3.05, 3.63) is 77.3 Å². The molecule has 1 amide bonds. The van der Waals surface area contributed by atoms with Gasteiger partial charge in [0, 0.05) is 16.3 Å². The average molecular weight is 393 g/mol. The van der Waals surface area contributed by atoms with E-state index >= 15 is 0 Å². The fraction of sp³-hybridized carbons (Fsp3) is 0.0952. The van der Waals surface area contributed by atoms with E-state index in [-0.39, 0.29) is 5.91 Å². The molecule has 0 bridgehead atoms. The molecule has 0 unspecified atom stereocenters. The van der Waals surface area contributed by atoms with Gasteiger partial charge in [0.15, 0.2) is 0 Å². The van der Waals surface area contributed by atoms with Crippen molar-refractivity contribution < 1.29 is 9.53 Å². The van der Waals surface area contributed by atoms with Gasteiger partial charge in [-0.2, -0.15) is 4.80 Å². The highest BCUT2D eigenvalue weighted by molar-refractivity contribution is 6.30. The summed E-state index contributed by atoms with van der Waals surface area (Å²) in [6.45, 7) is 2.50. The SMILES string of the molecule is CCOc1ccc(C(=O)Nc2ccc3nn(-c4cccc(Cl)c4)nc3c2)cc1. The molecule has 0 radical (unpaired) electrons. The summed E-state index contributed by atoms with van der Waals surface area (Å²) in [6, 6.07) is 19.7. The molecule has 0 aliphatic carbocycles. The summed E-state index contributed by atoms with van der Waals surface area (Å²) in [7, 11) is 0. The van der Waals surface area contributed by atoms with Crippen molar-refractivity contribution in [2.45, 2.75) is 6.92 Å². The molecule has 1 N–H and O–H groups in total. The first-order valence-electron chi connectivity index (χ1n) is 8.79. The minimum atomic E-state index is -0.204. The number of carbonyl (C=O) groups excluding carboxylic acids is 1. The van der Waals surface area contributed by atoms with Crippen LogP contribution in [0.4, 0.5) is 5.69 Å². The lowest BCUT2D eigenvalue weighted by atomic mass is 10.2. The third-order valence-electron chi connectivity index (χ3n) is 4.10. The number of hydrogen-bond donors (Lipinski definition) is 1. The summed E-state index contributed by atoms with van der Waals surface area (Å²) < 4.78 is 5.40. The summed E-state index contributed by atoms with van der Waals surface area (Å²) in [5, 5.41) is 12.4. The Morgan fingerprint density at radius 3 is 2.57 bits per heavy atom. The number of nitrogens with zero attached hydrogens (tertiary/aromatic N) is 3. The summed E-state index contributed by atoms with van der Waals surface area (Å²) >= 11 is 6.04. The van der Waals surface area contributed by atoms with Gasteiger partial charge in [-0.05, 0) is 67.6 Å². The highest BCUT2D eigenvalue weighted by Gasteiger charge is 2.10. The lowest BCUT2D eigenvalue weighted by molar-refractivity contribution is 0.102. The Kier molecular flexibility index (Phi) is 4.95. The maximum atomic E-state index is 12.5. The van der Waals surface area contributed by atoms with Crippen LogP contribution in [0, 0.1) is 0 Å². The minimum absolute atomic E-state index is 0.204. The van der Waals surface area contributed by atoms with Crippen molar-refractivity contribution in [1.82, 2.24) is 15.0 Å². The maximum absolute atomic E-state index is 12.5. The normalized spacial score (nSPS) is 10.8. The number of rotatable bonds is 5. The van der Waals surface area contributed by atoms with E-state index in [1.807, 2.05) is 25.1 Å². The van der Waals surface area contributed by atoms with E-state index in [2.05, 4.69) is 15.5 Å². The van der Waals surface area contributed by atoms with E-state index < -0.39 is 0 Å². The molecule has 3 aromatic carbocycles. The van der Waals surface area contributed by atoms with Gasteiger partial charge in [-0.15, -0.1) is 10.2 Å². The number of nitrogens with one attached hydrogen (secondary N) is 1. The Labute approximate surface area is 166 Å². The number of amides is 1. The third kappa shape index (κ3) is 3.82. The second-order valence-electron chi connectivity index (χ2n) is 6.08. The molecule has 0 saturated heterocycles. The van der Waals surface area contributed by atoms with Crippen LogP contribution in [-0.2, 0) is 0 Å². The molecule has 0 atom stereocenters. The fourth-order valence-corrected chi connectivity index (χ4v) is 2.97. The first-order chi connectivity index (χ1) is 13.6. The van der Waals surface area contributed by atoms with E-state index in [9.17, 15) is 4.79 Å². The number of ether oxygens (including phenoxy) is 1. The van der Waals surface area contributed by atoms with Crippen LogP contribution >= 0.6 is 11.6 Å². The van der Waals surface area contributed by atoms with E-state index in [0.717, 1.165) is 17.0 Å². The summed E-state index contributed by atoms with van der Waals surface area (Å²) in [5.74, 6) is 0.530. The van der Waals surface area contributed by atoms with Crippen LogP contribution in [0.1, 0.15) is 17.3 Å². The molecular weight excluding hydrogens is 376 g/mol. The predicted octanol–water partition coefficient (Wildman–Crippen LogP) is 4.72. The molecule has 28 heavy (non-hydrogen) atoms. The van der Waals surface area contributed by atoms with E-state index in [0.29, 0.717) is 28.4 Å². The lowest BCUT2D eigenvalue weighted by Crippen LogP contribution is -2.11. The van der Waals surface area contributed by atoms with E-state index in [1.165, 1.54) is 4.80 Å². The third-order valence-corrected chi connectivity index (χ3v) is 4.34. The number of aromatic nitrogens is 3. The number of hydrogen-bond acceptors (Lipinski definition) is 4. The largest absolute Gasteiger partial charge is 0.494 e. The zero-order valence-electron chi connectivity index (χ0n) is 15.1. The Morgan fingerprint density at radius 2 is 1.82 bits per heavy atom. The van der Waals surface area contributed by atoms with Gasteiger partial charge < -0.3 is 10.1 Å². The second kappa shape index (κ2) is 7.70. The molecule has 140 valence electrons. The zero-order chi connectivity index (χ0) is 19.5. The van der Waals surface area contributed by atoms with Crippen molar-refractivity contribution in [1.29, 1.82) is 0 Å². The summed E-state index contributed by atoms with van der Waals surface area (Å²) in [5.41, 5.74) is 3.35. The summed E-state index contributed by atoms with van der Waals surface area (Å²) in [6.07, 6.45) is 0. The molecule has 0 saturated carbocycles. The molecule has 0 aliphatic rings. The number of halogens is 1. The molecule has 0 fully saturated rings. The van der Waals surface area contributed by atoms with Gasteiger partial charge in [0.2, 0.25) is 0 Å².